The van der Waals surface area contributed by atoms with Crippen molar-refractivity contribution < 1.29 is 43.5 Å². The molecule has 0 aliphatic rings. The molecule has 0 unspecified atom stereocenters. The first-order valence-corrected chi connectivity index (χ1v) is 14.5. The normalized spacial score (nSPS) is 10.5. The fraction of sp³-hybridized carbons (Fsp3) is 0.314. The summed E-state index contributed by atoms with van der Waals surface area (Å²) in [7, 11) is 0. The van der Waals surface area contributed by atoms with Crippen LogP contribution in [0.25, 0.3) is 22.3 Å². The third-order valence-corrected chi connectivity index (χ3v) is 6.63. The molecule has 0 bridgehead atoms. The van der Waals surface area contributed by atoms with Crippen LogP contribution in [0.3, 0.4) is 0 Å². The standard InChI is InChI=1S/C35H40O9/c1-4-5-6-7-8-19-40-33-20-29(27-9-14-30(15-10-27)41-23-43-34(38)25(2)21-36)13-18-32(33)28-11-16-31(17-12-28)42-24-44-35(39)26(3)22-37/h9-18,20,36-37H,2-8,19,21-24H2,1H3. The van der Waals surface area contributed by atoms with Crippen LogP contribution in [0.5, 0.6) is 17.2 Å². The highest BCUT2D eigenvalue weighted by Gasteiger charge is 2.12. The molecule has 0 saturated carbocycles. The molecule has 9 nitrogen and oxygen atoms in total. The van der Waals surface area contributed by atoms with Gasteiger partial charge >= 0.3 is 11.9 Å². The Hall–Kier alpha value is -4.60. The van der Waals surface area contributed by atoms with E-state index in [1.54, 1.807) is 24.3 Å². The van der Waals surface area contributed by atoms with Crippen LogP contribution in [0.1, 0.15) is 39.0 Å². The fourth-order valence-corrected chi connectivity index (χ4v) is 4.06. The molecule has 3 aromatic carbocycles. The Kier molecular flexibility index (Phi) is 14.0. The number of rotatable bonds is 19. The summed E-state index contributed by atoms with van der Waals surface area (Å²) in [6.07, 6.45) is 5.64. The molecule has 0 spiro atoms. The maximum Gasteiger partial charge on any atom is 0.338 e. The molecule has 0 aliphatic carbocycles. The lowest BCUT2D eigenvalue weighted by Crippen LogP contribution is -2.13. The van der Waals surface area contributed by atoms with E-state index in [9.17, 15) is 9.59 Å². The van der Waals surface area contributed by atoms with Gasteiger partial charge in [0.1, 0.15) is 17.2 Å². The van der Waals surface area contributed by atoms with E-state index in [-0.39, 0.29) is 24.7 Å². The van der Waals surface area contributed by atoms with Gasteiger partial charge < -0.3 is 33.9 Å². The second-order valence-corrected chi connectivity index (χ2v) is 9.93. The first kappa shape index (κ1) is 33.9. The zero-order valence-electron chi connectivity index (χ0n) is 25.1. The van der Waals surface area contributed by atoms with Crippen LogP contribution in [0.4, 0.5) is 0 Å². The Labute approximate surface area is 258 Å². The molecular formula is C35H40O9. The first-order valence-electron chi connectivity index (χ1n) is 14.5. The molecule has 234 valence electrons. The number of aliphatic hydroxyl groups is 2. The van der Waals surface area contributed by atoms with Gasteiger partial charge in [-0.05, 0) is 53.4 Å². The number of hydrogen-bond acceptors (Lipinski definition) is 9. The van der Waals surface area contributed by atoms with Crippen LogP contribution in [0.15, 0.2) is 91.0 Å². The van der Waals surface area contributed by atoms with Gasteiger partial charge in [-0.1, -0.05) is 82.2 Å². The summed E-state index contributed by atoms with van der Waals surface area (Å²) >= 11 is 0. The molecule has 9 heteroatoms. The number of benzene rings is 3. The van der Waals surface area contributed by atoms with Gasteiger partial charge in [0, 0.05) is 5.56 Å². The Morgan fingerprint density at radius 1 is 0.636 bits per heavy atom. The first-order chi connectivity index (χ1) is 21.4. The maximum atomic E-state index is 11.6. The van der Waals surface area contributed by atoms with E-state index < -0.39 is 25.2 Å². The Bertz CT molecular complexity index is 1380. The number of esters is 2. The zero-order chi connectivity index (χ0) is 31.7. The summed E-state index contributed by atoms with van der Waals surface area (Å²) in [5, 5.41) is 17.9. The summed E-state index contributed by atoms with van der Waals surface area (Å²) in [5.41, 5.74) is 3.67. The van der Waals surface area contributed by atoms with Crippen molar-refractivity contribution in [1.82, 2.24) is 0 Å². The van der Waals surface area contributed by atoms with E-state index in [1.165, 1.54) is 19.3 Å². The molecule has 3 aromatic rings. The van der Waals surface area contributed by atoms with Crippen LogP contribution < -0.4 is 14.2 Å². The van der Waals surface area contributed by atoms with E-state index in [1.807, 2.05) is 42.5 Å². The number of ether oxygens (including phenoxy) is 5. The van der Waals surface area contributed by atoms with Crippen molar-refractivity contribution in [3.63, 3.8) is 0 Å². The van der Waals surface area contributed by atoms with E-state index in [0.717, 1.165) is 40.8 Å². The van der Waals surface area contributed by atoms with Gasteiger partial charge in [0.05, 0.1) is 31.0 Å². The summed E-state index contributed by atoms with van der Waals surface area (Å²) in [5.74, 6) is 0.359. The number of carbonyl (C=O) groups excluding carboxylic acids is 2. The molecule has 0 saturated heterocycles. The second-order valence-electron chi connectivity index (χ2n) is 9.93. The van der Waals surface area contributed by atoms with Gasteiger partial charge in [-0.2, -0.15) is 0 Å². The third kappa shape index (κ3) is 10.6. The lowest BCUT2D eigenvalue weighted by atomic mass is 9.99. The Morgan fingerprint density at radius 3 is 1.66 bits per heavy atom. The lowest BCUT2D eigenvalue weighted by molar-refractivity contribution is -0.146. The molecule has 0 amide bonds. The maximum absolute atomic E-state index is 11.6. The SMILES string of the molecule is C=C(CO)C(=O)OCOc1ccc(-c2ccc(-c3ccc(OCOC(=O)C(=C)CO)cc3)c(OCCCCCCC)c2)cc1. The Morgan fingerprint density at radius 2 is 1.14 bits per heavy atom. The Balaban J connectivity index is 1.71. The van der Waals surface area contributed by atoms with Crippen molar-refractivity contribution in [2.75, 3.05) is 33.4 Å². The van der Waals surface area contributed by atoms with Gasteiger partial charge in [0.15, 0.2) is 0 Å². The van der Waals surface area contributed by atoms with E-state index in [0.29, 0.717) is 18.1 Å². The van der Waals surface area contributed by atoms with Crippen LogP contribution in [-0.2, 0) is 19.1 Å². The third-order valence-electron chi connectivity index (χ3n) is 6.63. The monoisotopic (exact) mass is 604 g/mol. The number of aliphatic hydroxyl groups excluding tert-OH is 2. The van der Waals surface area contributed by atoms with Crippen molar-refractivity contribution >= 4 is 11.9 Å². The van der Waals surface area contributed by atoms with Gasteiger partial charge in [0.25, 0.3) is 0 Å². The van der Waals surface area contributed by atoms with Gasteiger partial charge in [-0.3, -0.25) is 0 Å². The van der Waals surface area contributed by atoms with Crippen molar-refractivity contribution in [3.05, 3.63) is 91.0 Å². The van der Waals surface area contributed by atoms with Crippen LogP contribution in [-0.4, -0.2) is 55.6 Å². The molecule has 3 rings (SSSR count). The topological polar surface area (TPSA) is 121 Å². The molecule has 0 fully saturated rings. The van der Waals surface area contributed by atoms with Crippen molar-refractivity contribution in [2.24, 2.45) is 0 Å². The minimum Gasteiger partial charge on any atom is -0.493 e. The molecule has 44 heavy (non-hydrogen) atoms. The minimum absolute atomic E-state index is 0.0415. The summed E-state index contributed by atoms with van der Waals surface area (Å²) < 4.78 is 27.1. The fourth-order valence-electron chi connectivity index (χ4n) is 4.06. The average Bonchev–Trinajstić information content (AvgIpc) is 3.06. The van der Waals surface area contributed by atoms with Gasteiger partial charge in [-0.15, -0.1) is 0 Å². The summed E-state index contributed by atoms with van der Waals surface area (Å²) in [6, 6.07) is 20.8. The molecule has 0 heterocycles. The molecule has 0 radical (unpaired) electrons. The van der Waals surface area contributed by atoms with Gasteiger partial charge in [-0.25, -0.2) is 9.59 Å². The highest BCUT2D eigenvalue weighted by molar-refractivity contribution is 5.88. The lowest BCUT2D eigenvalue weighted by Gasteiger charge is -2.15. The minimum atomic E-state index is -0.714. The predicted molar refractivity (Wildman–Crippen MR) is 167 cm³/mol. The average molecular weight is 605 g/mol. The molecular weight excluding hydrogens is 564 g/mol. The van der Waals surface area contributed by atoms with Crippen molar-refractivity contribution in [3.8, 4) is 39.5 Å². The van der Waals surface area contributed by atoms with Crippen molar-refractivity contribution in [1.29, 1.82) is 0 Å². The molecule has 0 atom stereocenters. The molecule has 0 aromatic heterocycles. The highest BCUT2D eigenvalue weighted by atomic mass is 16.7. The summed E-state index contributed by atoms with van der Waals surface area (Å²) in [6.45, 7) is 8.09. The predicted octanol–water partition coefficient (Wildman–Crippen LogP) is 6.23. The number of unbranched alkanes of at least 4 members (excludes halogenated alkanes) is 4. The van der Waals surface area contributed by atoms with E-state index in [4.69, 9.17) is 33.9 Å². The number of hydrogen-bond donors (Lipinski definition) is 2. The summed E-state index contributed by atoms with van der Waals surface area (Å²) in [4.78, 5) is 23.2. The number of carbonyl (C=O) groups is 2. The molecule has 2 N–H and O–H groups in total. The van der Waals surface area contributed by atoms with E-state index in [2.05, 4.69) is 20.1 Å². The van der Waals surface area contributed by atoms with E-state index >= 15 is 0 Å². The van der Waals surface area contributed by atoms with Gasteiger partial charge in [0.2, 0.25) is 13.6 Å². The van der Waals surface area contributed by atoms with Crippen LogP contribution in [0, 0.1) is 0 Å². The van der Waals surface area contributed by atoms with Crippen LogP contribution >= 0.6 is 0 Å². The quantitative estimate of drug-likeness (QED) is 0.0710. The molecule has 0 aliphatic heterocycles. The highest BCUT2D eigenvalue weighted by Crippen LogP contribution is 2.36. The van der Waals surface area contributed by atoms with Crippen LogP contribution in [0.2, 0.25) is 0 Å². The second kappa shape index (κ2) is 18.1. The van der Waals surface area contributed by atoms with Crippen molar-refractivity contribution in [2.45, 2.75) is 39.0 Å². The zero-order valence-corrected chi connectivity index (χ0v) is 25.1. The largest absolute Gasteiger partial charge is 0.493 e. The smallest absolute Gasteiger partial charge is 0.338 e.